The molecule has 2 nitrogen and oxygen atoms in total. The molecule has 0 aromatic carbocycles. The third-order valence-corrected chi connectivity index (χ3v) is 2.69. The maximum Gasteiger partial charge on any atom is 0.389 e. The van der Waals surface area contributed by atoms with E-state index in [9.17, 15) is 13.2 Å². The lowest BCUT2D eigenvalue weighted by Crippen LogP contribution is -2.41. The lowest BCUT2D eigenvalue weighted by molar-refractivity contribution is -0.139. The summed E-state index contributed by atoms with van der Waals surface area (Å²) in [5.41, 5.74) is 0. The number of halogens is 3. The van der Waals surface area contributed by atoms with E-state index in [-0.39, 0.29) is 19.1 Å². The molecule has 0 aliphatic carbocycles. The molecule has 0 aromatic rings. The highest BCUT2D eigenvalue weighted by atomic mass is 19.4. The van der Waals surface area contributed by atoms with Gasteiger partial charge in [0.15, 0.2) is 0 Å². The van der Waals surface area contributed by atoms with Crippen molar-refractivity contribution in [1.82, 2.24) is 5.32 Å². The molecule has 0 aromatic heterocycles. The van der Waals surface area contributed by atoms with Crippen LogP contribution in [0.15, 0.2) is 0 Å². The van der Waals surface area contributed by atoms with Gasteiger partial charge in [0.05, 0.1) is 6.10 Å². The van der Waals surface area contributed by atoms with Crippen LogP contribution in [0.2, 0.25) is 0 Å². The number of hydrogen-bond acceptors (Lipinski definition) is 2. The second kappa shape index (κ2) is 5.70. The molecule has 2 unspecified atom stereocenters. The van der Waals surface area contributed by atoms with Crippen molar-refractivity contribution < 1.29 is 17.9 Å². The van der Waals surface area contributed by atoms with E-state index in [0.717, 1.165) is 19.5 Å². The Kier molecular flexibility index (Phi) is 4.86. The molecule has 2 atom stereocenters. The molecular weight excluding hydrogens is 207 g/mol. The van der Waals surface area contributed by atoms with E-state index in [0.29, 0.717) is 5.92 Å². The number of alkyl halides is 3. The fraction of sp³-hybridized carbons (Fsp3) is 1.00. The maximum atomic E-state index is 11.8. The molecule has 0 amide bonds. The second-order valence-corrected chi connectivity index (χ2v) is 4.10. The van der Waals surface area contributed by atoms with Gasteiger partial charge in [-0.15, -0.1) is 0 Å². The van der Waals surface area contributed by atoms with Crippen LogP contribution < -0.4 is 5.32 Å². The third-order valence-electron chi connectivity index (χ3n) is 2.69. The van der Waals surface area contributed by atoms with Crippen LogP contribution in [0.1, 0.15) is 26.2 Å². The average Bonchev–Trinajstić information content (AvgIpc) is 2.13. The van der Waals surface area contributed by atoms with E-state index in [2.05, 4.69) is 12.2 Å². The summed E-state index contributed by atoms with van der Waals surface area (Å²) in [6.45, 7) is 4.02. The number of nitrogens with one attached hydrogen (secondary N) is 1. The van der Waals surface area contributed by atoms with Crippen LogP contribution in [0.5, 0.6) is 0 Å². The molecule has 1 saturated heterocycles. The molecule has 5 heteroatoms. The Morgan fingerprint density at radius 2 is 2.13 bits per heavy atom. The van der Waals surface area contributed by atoms with Crippen molar-refractivity contribution in [2.45, 2.75) is 38.5 Å². The number of rotatable bonds is 4. The highest BCUT2D eigenvalue weighted by Crippen LogP contribution is 2.22. The molecule has 1 heterocycles. The monoisotopic (exact) mass is 225 g/mol. The SMILES string of the molecule is CC1CCNCC1OCCCC(F)(F)F. The van der Waals surface area contributed by atoms with Gasteiger partial charge >= 0.3 is 6.18 Å². The van der Waals surface area contributed by atoms with Gasteiger partial charge in [-0.2, -0.15) is 13.2 Å². The fourth-order valence-electron chi connectivity index (χ4n) is 1.69. The van der Waals surface area contributed by atoms with Crippen molar-refractivity contribution >= 4 is 0 Å². The Morgan fingerprint density at radius 3 is 2.73 bits per heavy atom. The van der Waals surface area contributed by atoms with Gasteiger partial charge in [-0.05, 0) is 25.3 Å². The molecular formula is C10H18F3NO. The van der Waals surface area contributed by atoms with Gasteiger partial charge in [-0.25, -0.2) is 0 Å². The van der Waals surface area contributed by atoms with Gasteiger partial charge in [0.2, 0.25) is 0 Å². The molecule has 1 aliphatic heterocycles. The first-order valence-corrected chi connectivity index (χ1v) is 5.38. The van der Waals surface area contributed by atoms with Crippen LogP contribution >= 0.6 is 0 Å². The Morgan fingerprint density at radius 1 is 1.40 bits per heavy atom. The van der Waals surface area contributed by atoms with E-state index >= 15 is 0 Å². The first kappa shape index (κ1) is 12.8. The van der Waals surface area contributed by atoms with E-state index in [1.54, 1.807) is 0 Å². The van der Waals surface area contributed by atoms with Crippen molar-refractivity contribution in [3.05, 3.63) is 0 Å². The fourth-order valence-corrected chi connectivity index (χ4v) is 1.69. The van der Waals surface area contributed by atoms with Crippen LogP contribution in [0.25, 0.3) is 0 Å². The maximum absolute atomic E-state index is 11.8. The normalized spacial score (nSPS) is 28.0. The first-order valence-electron chi connectivity index (χ1n) is 5.38. The van der Waals surface area contributed by atoms with Crippen LogP contribution in [0.3, 0.4) is 0 Å². The predicted molar refractivity (Wildman–Crippen MR) is 51.7 cm³/mol. The topological polar surface area (TPSA) is 21.3 Å². The summed E-state index contributed by atoms with van der Waals surface area (Å²) in [7, 11) is 0. The van der Waals surface area contributed by atoms with Crippen molar-refractivity contribution in [2.24, 2.45) is 5.92 Å². The molecule has 0 bridgehead atoms. The number of ether oxygens (including phenoxy) is 1. The van der Waals surface area contributed by atoms with Gasteiger partial charge in [-0.1, -0.05) is 6.92 Å². The largest absolute Gasteiger partial charge is 0.389 e. The van der Waals surface area contributed by atoms with E-state index in [4.69, 9.17) is 4.74 Å². The summed E-state index contributed by atoms with van der Waals surface area (Å²) in [5, 5.41) is 3.18. The van der Waals surface area contributed by atoms with E-state index < -0.39 is 12.6 Å². The molecule has 1 rings (SSSR count). The smallest absolute Gasteiger partial charge is 0.377 e. The average molecular weight is 225 g/mol. The number of hydrogen-bond donors (Lipinski definition) is 1. The molecule has 1 fully saturated rings. The van der Waals surface area contributed by atoms with Crippen molar-refractivity contribution in [3.63, 3.8) is 0 Å². The Bertz CT molecular complexity index is 184. The molecule has 1 N–H and O–H groups in total. The summed E-state index contributed by atoms with van der Waals surface area (Å²) in [6.07, 6.45) is -3.63. The van der Waals surface area contributed by atoms with Gasteiger partial charge in [0, 0.05) is 19.6 Å². The minimum atomic E-state index is -4.06. The Labute approximate surface area is 88.2 Å². The molecule has 15 heavy (non-hydrogen) atoms. The quantitative estimate of drug-likeness (QED) is 0.741. The molecule has 0 saturated carbocycles. The standard InChI is InChI=1S/C10H18F3NO/c1-8-3-5-14-7-9(8)15-6-2-4-10(11,12)13/h8-9,14H,2-7H2,1H3. The summed E-state index contributed by atoms with van der Waals surface area (Å²) in [6, 6.07) is 0. The summed E-state index contributed by atoms with van der Waals surface area (Å²) in [5.74, 6) is 0.442. The zero-order valence-corrected chi connectivity index (χ0v) is 8.94. The van der Waals surface area contributed by atoms with Gasteiger partial charge < -0.3 is 10.1 Å². The van der Waals surface area contributed by atoms with Crippen LogP contribution in [0, 0.1) is 5.92 Å². The van der Waals surface area contributed by atoms with Crippen molar-refractivity contribution in [2.75, 3.05) is 19.7 Å². The zero-order chi connectivity index (χ0) is 11.3. The summed E-state index contributed by atoms with van der Waals surface area (Å²) >= 11 is 0. The molecule has 90 valence electrons. The zero-order valence-electron chi connectivity index (χ0n) is 8.94. The highest BCUT2D eigenvalue weighted by molar-refractivity contribution is 4.75. The van der Waals surface area contributed by atoms with Crippen LogP contribution in [-0.4, -0.2) is 32.0 Å². The second-order valence-electron chi connectivity index (χ2n) is 4.10. The van der Waals surface area contributed by atoms with Gasteiger partial charge in [0.1, 0.15) is 0 Å². The Hall–Kier alpha value is -0.290. The Balaban J connectivity index is 2.08. The first-order chi connectivity index (χ1) is 6.99. The predicted octanol–water partition coefficient (Wildman–Crippen LogP) is 2.34. The van der Waals surface area contributed by atoms with Gasteiger partial charge in [-0.3, -0.25) is 0 Å². The molecule has 0 radical (unpaired) electrons. The minimum Gasteiger partial charge on any atom is -0.377 e. The lowest BCUT2D eigenvalue weighted by Gasteiger charge is -2.29. The highest BCUT2D eigenvalue weighted by Gasteiger charge is 2.27. The van der Waals surface area contributed by atoms with Crippen LogP contribution in [-0.2, 0) is 4.74 Å². The summed E-state index contributed by atoms with van der Waals surface area (Å²) in [4.78, 5) is 0. The lowest BCUT2D eigenvalue weighted by atomic mass is 9.97. The van der Waals surface area contributed by atoms with Crippen LogP contribution in [0.4, 0.5) is 13.2 Å². The van der Waals surface area contributed by atoms with Gasteiger partial charge in [0.25, 0.3) is 0 Å². The van der Waals surface area contributed by atoms with E-state index in [1.807, 2.05) is 0 Å². The third kappa shape index (κ3) is 5.37. The van der Waals surface area contributed by atoms with Crippen molar-refractivity contribution in [3.8, 4) is 0 Å². The van der Waals surface area contributed by atoms with Crippen molar-refractivity contribution in [1.29, 1.82) is 0 Å². The minimum absolute atomic E-state index is 0.0622. The summed E-state index contributed by atoms with van der Waals surface area (Å²) < 4.78 is 40.9. The molecule has 0 spiro atoms. The van der Waals surface area contributed by atoms with E-state index in [1.165, 1.54) is 0 Å². The molecule has 1 aliphatic rings. The number of piperidine rings is 1.